The molecule has 1 rings (SSSR count). The molecule has 0 amide bonds. The van der Waals surface area contributed by atoms with Crippen LogP contribution >= 0.6 is 38.9 Å². The third-order valence-electron chi connectivity index (χ3n) is 1.99. The summed E-state index contributed by atoms with van der Waals surface area (Å²) in [6, 6.07) is 2.52. The van der Waals surface area contributed by atoms with Crippen molar-refractivity contribution < 1.29 is 8.42 Å². The molecule has 0 saturated heterocycles. The largest absolute Gasteiger partial charge is 0.253 e. The summed E-state index contributed by atoms with van der Waals surface area (Å²) in [6.45, 7) is 1.52. The molecule has 4 nitrogen and oxygen atoms in total. The van der Waals surface area contributed by atoms with E-state index >= 15 is 0 Å². The molecule has 8 heteroatoms. The molecule has 0 aliphatic carbocycles. The first-order valence-electron chi connectivity index (χ1n) is 4.13. The average Bonchev–Trinajstić information content (AvgIpc) is 2.57. The molecule has 0 saturated carbocycles. The van der Waals surface area contributed by atoms with Gasteiger partial charge < -0.3 is 0 Å². The molecule has 0 aromatic carbocycles. The van der Waals surface area contributed by atoms with Crippen molar-refractivity contribution in [3.63, 3.8) is 0 Å². The fourth-order valence-corrected chi connectivity index (χ4v) is 4.75. The van der Waals surface area contributed by atoms with E-state index in [1.165, 1.54) is 20.0 Å². The Bertz CT molecular complexity index is 515. The Hall–Kier alpha value is -0.130. The van der Waals surface area contributed by atoms with Crippen molar-refractivity contribution in [1.82, 2.24) is 4.31 Å². The summed E-state index contributed by atoms with van der Waals surface area (Å²) in [7, 11) is -2.27. The Morgan fingerprint density at radius 2 is 2.25 bits per heavy atom. The van der Waals surface area contributed by atoms with Crippen molar-refractivity contribution >= 4 is 48.9 Å². The van der Waals surface area contributed by atoms with Crippen LogP contribution in [0.1, 0.15) is 6.92 Å². The molecule has 88 valence electrons. The van der Waals surface area contributed by atoms with Crippen LogP contribution in [0.3, 0.4) is 0 Å². The van der Waals surface area contributed by atoms with E-state index in [-0.39, 0.29) is 4.21 Å². The summed E-state index contributed by atoms with van der Waals surface area (Å²) in [5, 5.41) is 9.04. The molecule has 1 heterocycles. The summed E-state index contributed by atoms with van der Waals surface area (Å²) in [4.78, 5) is 0. The van der Waals surface area contributed by atoms with Crippen LogP contribution in [-0.4, -0.2) is 25.8 Å². The van der Waals surface area contributed by atoms with E-state index in [1.807, 2.05) is 6.07 Å². The maximum atomic E-state index is 12.0. The average molecular weight is 344 g/mol. The predicted molar refractivity (Wildman–Crippen MR) is 67.1 cm³/mol. The number of hydrogen-bond donors (Lipinski definition) is 0. The van der Waals surface area contributed by atoms with E-state index in [1.54, 1.807) is 0 Å². The molecule has 1 atom stereocenters. The van der Waals surface area contributed by atoms with Gasteiger partial charge in [-0.3, -0.25) is 0 Å². The molecule has 0 spiro atoms. The van der Waals surface area contributed by atoms with Gasteiger partial charge in [-0.25, -0.2) is 8.42 Å². The van der Waals surface area contributed by atoms with Crippen LogP contribution in [0, 0.1) is 11.3 Å². The monoisotopic (exact) mass is 342 g/mol. The van der Waals surface area contributed by atoms with Gasteiger partial charge in [0, 0.05) is 7.05 Å². The van der Waals surface area contributed by atoms with Gasteiger partial charge in [-0.2, -0.15) is 9.57 Å². The Kier molecular flexibility index (Phi) is 4.37. The number of hydrogen-bond acceptors (Lipinski definition) is 4. The van der Waals surface area contributed by atoms with Crippen LogP contribution in [0.25, 0.3) is 0 Å². The molecule has 0 N–H and O–H groups in total. The fourth-order valence-electron chi connectivity index (χ4n) is 0.885. The second-order valence-corrected chi connectivity index (χ2v) is 8.02. The van der Waals surface area contributed by atoms with Crippen LogP contribution in [0.2, 0.25) is 5.02 Å². The van der Waals surface area contributed by atoms with Crippen LogP contribution in [0.4, 0.5) is 0 Å². The van der Waals surface area contributed by atoms with E-state index in [0.717, 1.165) is 15.6 Å². The zero-order valence-corrected chi connectivity index (χ0v) is 12.4. The molecular weight excluding hydrogens is 336 g/mol. The van der Waals surface area contributed by atoms with Gasteiger partial charge in [0.2, 0.25) is 0 Å². The van der Waals surface area contributed by atoms with Gasteiger partial charge in [-0.1, -0.05) is 11.6 Å². The minimum Gasteiger partial charge on any atom is -0.206 e. The predicted octanol–water partition coefficient (Wildman–Crippen LogP) is 2.70. The maximum Gasteiger partial charge on any atom is 0.253 e. The lowest BCUT2D eigenvalue weighted by atomic mass is 10.4. The second kappa shape index (κ2) is 5.02. The first-order chi connectivity index (χ1) is 7.30. The molecule has 0 aliphatic rings. The second-order valence-electron chi connectivity index (χ2n) is 3.01. The summed E-state index contributed by atoms with van der Waals surface area (Å²) >= 11 is 9.94. The van der Waals surface area contributed by atoms with Gasteiger partial charge in [0.05, 0.1) is 14.9 Å². The van der Waals surface area contributed by atoms with Crippen molar-refractivity contribution in [2.24, 2.45) is 0 Å². The molecule has 16 heavy (non-hydrogen) atoms. The molecule has 1 aromatic rings. The van der Waals surface area contributed by atoms with Crippen LogP contribution < -0.4 is 0 Å². The number of thiophene rings is 1. The summed E-state index contributed by atoms with van der Waals surface area (Å²) < 4.78 is 25.7. The van der Waals surface area contributed by atoms with Crippen molar-refractivity contribution in [1.29, 1.82) is 5.26 Å². The zero-order chi connectivity index (χ0) is 12.5. The summed E-state index contributed by atoms with van der Waals surface area (Å²) in [6.07, 6.45) is 0. The fraction of sp³-hybridized carbons (Fsp3) is 0.375. The third-order valence-corrected chi connectivity index (χ3v) is 6.84. The first-order valence-corrected chi connectivity index (χ1v) is 7.56. The number of rotatable bonds is 3. The molecular formula is C8H8BrClN2O2S2. The third kappa shape index (κ3) is 2.57. The Labute approximate surface area is 112 Å². The normalized spacial score (nSPS) is 13.8. The van der Waals surface area contributed by atoms with Crippen LogP contribution in [-0.2, 0) is 10.0 Å². The van der Waals surface area contributed by atoms with Gasteiger partial charge in [0.25, 0.3) is 10.0 Å². The highest BCUT2D eigenvalue weighted by molar-refractivity contribution is 9.11. The topological polar surface area (TPSA) is 61.2 Å². The maximum absolute atomic E-state index is 12.0. The van der Waals surface area contributed by atoms with Gasteiger partial charge in [-0.05, 0) is 28.9 Å². The quantitative estimate of drug-likeness (QED) is 0.847. The first kappa shape index (κ1) is 13.9. The Morgan fingerprint density at radius 3 is 2.62 bits per heavy atom. The highest BCUT2D eigenvalue weighted by Crippen LogP contribution is 2.35. The Balaban J connectivity index is 3.18. The van der Waals surface area contributed by atoms with E-state index < -0.39 is 16.1 Å². The highest BCUT2D eigenvalue weighted by atomic mass is 79.9. The van der Waals surface area contributed by atoms with Gasteiger partial charge in [0.1, 0.15) is 10.3 Å². The molecule has 1 unspecified atom stereocenters. The van der Waals surface area contributed by atoms with Crippen LogP contribution in [0.5, 0.6) is 0 Å². The smallest absolute Gasteiger partial charge is 0.206 e. The SMILES string of the molecule is CC(C#N)N(C)S(=O)(=O)c1cc(Cl)c(Br)s1. The van der Waals surface area contributed by atoms with E-state index in [0.29, 0.717) is 8.81 Å². The number of sulfonamides is 1. The molecule has 1 aromatic heterocycles. The van der Waals surface area contributed by atoms with Crippen LogP contribution in [0.15, 0.2) is 14.1 Å². The number of nitrogens with zero attached hydrogens (tertiary/aromatic N) is 2. The van der Waals surface area contributed by atoms with Crippen molar-refractivity contribution in [3.8, 4) is 6.07 Å². The Morgan fingerprint density at radius 1 is 1.69 bits per heavy atom. The van der Waals surface area contributed by atoms with E-state index in [9.17, 15) is 8.42 Å². The molecule has 0 bridgehead atoms. The number of halogens is 2. The van der Waals surface area contributed by atoms with E-state index in [4.69, 9.17) is 16.9 Å². The lowest BCUT2D eigenvalue weighted by molar-refractivity contribution is 0.443. The lowest BCUT2D eigenvalue weighted by Gasteiger charge is -2.17. The van der Waals surface area contributed by atoms with Crippen molar-refractivity contribution in [2.45, 2.75) is 17.2 Å². The standard InChI is InChI=1S/C8H8BrClN2O2S2/c1-5(4-11)12(2)16(13,14)7-3-6(10)8(9)15-7/h3,5H,1-2H3. The summed E-state index contributed by atoms with van der Waals surface area (Å²) in [5.41, 5.74) is 0. The van der Waals surface area contributed by atoms with Crippen molar-refractivity contribution in [2.75, 3.05) is 7.05 Å². The van der Waals surface area contributed by atoms with Gasteiger partial charge >= 0.3 is 0 Å². The molecule has 0 radical (unpaired) electrons. The van der Waals surface area contributed by atoms with Gasteiger partial charge in [0.15, 0.2) is 0 Å². The molecule has 0 aliphatic heterocycles. The highest BCUT2D eigenvalue weighted by Gasteiger charge is 2.27. The number of nitriles is 1. The molecule has 0 fully saturated rings. The lowest BCUT2D eigenvalue weighted by Crippen LogP contribution is -2.33. The minimum atomic E-state index is -3.64. The van der Waals surface area contributed by atoms with Gasteiger partial charge in [-0.15, -0.1) is 11.3 Å². The van der Waals surface area contributed by atoms with E-state index in [2.05, 4.69) is 15.9 Å². The summed E-state index contributed by atoms with van der Waals surface area (Å²) in [5.74, 6) is 0. The zero-order valence-electron chi connectivity index (χ0n) is 8.44. The minimum absolute atomic E-state index is 0.119. The van der Waals surface area contributed by atoms with Crippen molar-refractivity contribution in [3.05, 3.63) is 14.9 Å².